The van der Waals surface area contributed by atoms with Crippen molar-refractivity contribution in [1.29, 1.82) is 0 Å². The van der Waals surface area contributed by atoms with Gasteiger partial charge in [0.15, 0.2) is 5.03 Å². The van der Waals surface area contributed by atoms with E-state index in [1.807, 2.05) is 0 Å². The molecule has 1 unspecified atom stereocenters. The van der Waals surface area contributed by atoms with Crippen LogP contribution in [0.5, 0.6) is 0 Å². The topological polar surface area (TPSA) is 124 Å². The van der Waals surface area contributed by atoms with Crippen molar-refractivity contribution in [3.05, 3.63) is 64.6 Å². The summed E-state index contributed by atoms with van der Waals surface area (Å²) in [6, 6.07) is 7.67. The number of fused-ring (bicyclic) bond motifs is 1. The SMILES string of the molecule is NC(Cc1cn([N+](=O)[O-])c2c(-c3ccncc3)cccc12)C(=O)O. The van der Waals surface area contributed by atoms with Gasteiger partial charge in [-0.3, -0.25) is 9.78 Å². The highest BCUT2D eigenvalue weighted by Crippen LogP contribution is 2.32. The Kier molecular flexibility index (Phi) is 3.97. The Hall–Kier alpha value is -3.26. The standard InChI is InChI=1S/C16H14N4O4/c17-14(16(21)22)8-11-9-19(20(23)24)15-12(2-1-3-13(11)15)10-4-6-18-7-5-10/h1-7,9,14H,8,17H2,(H,21,22). The molecule has 0 amide bonds. The number of hydrogen-bond acceptors (Lipinski definition) is 5. The number of aliphatic carboxylic acids is 1. The van der Waals surface area contributed by atoms with Gasteiger partial charge in [0.05, 0.1) is 6.20 Å². The molecule has 8 nitrogen and oxygen atoms in total. The van der Waals surface area contributed by atoms with Gasteiger partial charge in [-0.1, -0.05) is 22.9 Å². The van der Waals surface area contributed by atoms with Crippen LogP contribution in [-0.2, 0) is 11.2 Å². The zero-order valence-electron chi connectivity index (χ0n) is 12.5. The first-order chi connectivity index (χ1) is 11.5. The molecule has 122 valence electrons. The Balaban J connectivity index is 2.24. The van der Waals surface area contributed by atoms with E-state index in [9.17, 15) is 14.9 Å². The molecule has 8 heteroatoms. The lowest BCUT2D eigenvalue weighted by Crippen LogP contribution is -2.32. The van der Waals surface area contributed by atoms with E-state index in [4.69, 9.17) is 10.8 Å². The van der Waals surface area contributed by atoms with Gasteiger partial charge in [-0.05, 0) is 23.3 Å². The third kappa shape index (κ3) is 2.70. The minimum absolute atomic E-state index is 0.00642. The van der Waals surface area contributed by atoms with Crippen LogP contribution in [0.4, 0.5) is 0 Å². The molecule has 2 aromatic heterocycles. The third-order valence-corrected chi connectivity index (χ3v) is 3.81. The second-order valence-electron chi connectivity index (χ2n) is 5.32. The van der Waals surface area contributed by atoms with E-state index in [0.29, 0.717) is 22.0 Å². The van der Waals surface area contributed by atoms with E-state index in [2.05, 4.69) is 4.98 Å². The van der Waals surface area contributed by atoms with E-state index >= 15 is 0 Å². The number of carbonyl (C=O) groups is 1. The number of carboxylic acid groups (broad SMARTS) is 1. The molecular weight excluding hydrogens is 312 g/mol. The van der Waals surface area contributed by atoms with Crippen molar-refractivity contribution in [2.24, 2.45) is 5.73 Å². The molecule has 3 rings (SSSR count). The van der Waals surface area contributed by atoms with Crippen LogP contribution in [0.25, 0.3) is 22.0 Å². The van der Waals surface area contributed by atoms with Gasteiger partial charge in [-0.15, -0.1) is 0 Å². The number of pyridine rings is 1. The van der Waals surface area contributed by atoms with E-state index < -0.39 is 17.0 Å². The molecule has 0 aliphatic heterocycles. The maximum absolute atomic E-state index is 11.4. The maximum atomic E-state index is 11.4. The summed E-state index contributed by atoms with van der Waals surface area (Å²) >= 11 is 0. The molecule has 0 fully saturated rings. The van der Waals surface area contributed by atoms with Crippen molar-refractivity contribution >= 4 is 16.9 Å². The highest BCUT2D eigenvalue weighted by molar-refractivity contribution is 5.96. The fourth-order valence-electron chi connectivity index (χ4n) is 2.71. The molecule has 1 atom stereocenters. The molecule has 3 aromatic rings. The Morgan fingerprint density at radius 3 is 2.67 bits per heavy atom. The van der Waals surface area contributed by atoms with Gasteiger partial charge in [-0.2, -0.15) is 0 Å². The predicted molar refractivity (Wildman–Crippen MR) is 86.9 cm³/mol. The van der Waals surface area contributed by atoms with E-state index in [1.54, 1.807) is 42.7 Å². The molecule has 0 radical (unpaired) electrons. The fraction of sp³-hybridized carbons (Fsp3) is 0.125. The summed E-state index contributed by atoms with van der Waals surface area (Å²) in [6.07, 6.45) is 4.55. The average Bonchev–Trinajstić information content (AvgIpc) is 2.94. The van der Waals surface area contributed by atoms with Crippen molar-refractivity contribution in [1.82, 2.24) is 9.66 Å². The number of nitrogens with two attached hydrogens (primary N) is 1. The molecule has 0 saturated heterocycles. The zero-order valence-corrected chi connectivity index (χ0v) is 12.5. The Labute approximate surface area is 136 Å². The second kappa shape index (κ2) is 6.09. The average molecular weight is 326 g/mol. The maximum Gasteiger partial charge on any atom is 0.320 e. The lowest BCUT2D eigenvalue weighted by atomic mass is 10.0. The molecule has 0 aliphatic carbocycles. The molecule has 0 saturated carbocycles. The van der Waals surface area contributed by atoms with Gasteiger partial charge in [0.2, 0.25) is 0 Å². The number of hydrogen-bond donors (Lipinski definition) is 2. The molecule has 1 aromatic carbocycles. The van der Waals surface area contributed by atoms with E-state index in [-0.39, 0.29) is 6.42 Å². The largest absolute Gasteiger partial charge is 0.480 e. The Morgan fingerprint density at radius 1 is 1.33 bits per heavy atom. The van der Waals surface area contributed by atoms with Crippen molar-refractivity contribution in [3.63, 3.8) is 0 Å². The first-order valence-corrected chi connectivity index (χ1v) is 7.15. The van der Waals surface area contributed by atoms with E-state index in [0.717, 1.165) is 10.2 Å². The van der Waals surface area contributed by atoms with Gasteiger partial charge in [-0.25, -0.2) is 10.1 Å². The zero-order chi connectivity index (χ0) is 17.3. The monoisotopic (exact) mass is 326 g/mol. The lowest BCUT2D eigenvalue weighted by molar-refractivity contribution is -0.537. The van der Waals surface area contributed by atoms with Crippen molar-refractivity contribution < 1.29 is 14.9 Å². The summed E-state index contributed by atoms with van der Waals surface area (Å²) in [6.45, 7) is 0. The van der Waals surface area contributed by atoms with Crippen LogP contribution in [0.2, 0.25) is 0 Å². The minimum atomic E-state index is -1.15. The molecular formula is C16H14N4O4. The molecule has 2 heterocycles. The van der Waals surface area contributed by atoms with Gasteiger partial charge in [0.25, 0.3) is 0 Å². The summed E-state index contributed by atoms with van der Waals surface area (Å²) in [7, 11) is 0. The number of rotatable bonds is 5. The van der Waals surface area contributed by atoms with Crippen molar-refractivity contribution in [2.75, 3.05) is 0 Å². The molecule has 24 heavy (non-hydrogen) atoms. The lowest BCUT2D eigenvalue weighted by Gasteiger charge is -2.06. The van der Waals surface area contributed by atoms with Gasteiger partial charge in [0.1, 0.15) is 11.6 Å². The summed E-state index contributed by atoms with van der Waals surface area (Å²) in [4.78, 5) is 26.4. The van der Waals surface area contributed by atoms with Crippen molar-refractivity contribution in [3.8, 4) is 11.1 Å². The second-order valence-corrected chi connectivity index (χ2v) is 5.32. The van der Waals surface area contributed by atoms with Crippen LogP contribution in [0.1, 0.15) is 5.56 Å². The summed E-state index contributed by atoms with van der Waals surface area (Å²) in [5.41, 5.74) is 7.96. The van der Waals surface area contributed by atoms with Crippen LogP contribution >= 0.6 is 0 Å². The van der Waals surface area contributed by atoms with Crippen molar-refractivity contribution in [2.45, 2.75) is 12.5 Å². The van der Waals surface area contributed by atoms with Crippen LogP contribution in [-0.4, -0.2) is 31.8 Å². The highest BCUT2D eigenvalue weighted by Gasteiger charge is 2.22. The van der Waals surface area contributed by atoms with Crippen LogP contribution < -0.4 is 5.73 Å². The summed E-state index contributed by atoms with van der Waals surface area (Å²) < 4.78 is 0.912. The van der Waals surface area contributed by atoms with Gasteiger partial charge < -0.3 is 10.8 Å². The van der Waals surface area contributed by atoms with Crippen LogP contribution in [0.3, 0.4) is 0 Å². The molecule has 0 aliphatic rings. The number of carboxylic acids is 1. The predicted octanol–water partition coefficient (Wildman–Crippen LogP) is 1.70. The van der Waals surface area contributed by atoms with Crippen LogP contribution in [0, 0.1) is 10.1 Å². The summed E-state index contributed by atoms with van der Waals surface area (Å²) in [5.74, 6) is -1.15. The molecule has 0 bridgehead atoms. The molecule has 0 spiro atoms. The fourth-order valence-corrected chi connectivity index (χ4v) is 2.71. The van der Waals surface area contributed by atoms with E-state index in [1.165, 1.54) is 6.20 Å². The number of para-hydroxylation sites is 1. The Bertz CT molecular complexity index is 920. The number of nitrogens with zero attached hydrogens (tertiary/aromatic N) is 3. The molecule has 3 N–H and O–H groups in total. The number of aromatic nitrogens is 2. The minimum Gasteiger partial charge on any atom is -0.480 e. The normalized spacial score (nSPS) is 12.2. The van der Waals surface area contributed by atoms with Gasteiger partial charge >= 0.3 is 5.97 Å². The smallest absolute Gasteiger partial charge is 0.320 e. The number of benzene rings is 1. The quantitative estimate of drug-likeness (QED) is 0.543. The third-order valence-electron chi connectivity index (χ3n) is 3.81. The first kappa shape index (κ1) is 15.6. The Morgan fingerprint density at radius 2 is 2.04 bits per heavy atom. The number of nitro groups is 1. The first-order valence-electron chi connectivity index (χ1n) is 7.15. The highest BCUT2D eigenvalue weighted by atomic mass is 16.7. The summed E-state index contributed by atoms with van der Waals surface area (Å²) in [5, 5.41) is 20.5. The van der Waals surface area contributed by atoms with Gasteiger partial charge in [0, 0.05) is 29.8 Å². The van der Waals surface area contributed by atoms with Crippen LogP contribution in [0.15, 0.2) is 48.9 Å².